The predicted octanol–water partition coefficient (Wildman–Crippen LogP) is 1.72. The van der Waals surface area contributed by atoms with Crippen LogP contribution in [0.15, 0.2) is 0 Å². The van der Waals surface area contributed by atoms with Gasteiger partial charge in [0.25, 0.3) is 0 Å². The lowest BCUT2D eigenvalue weighted by molar-refractivity contribution is 0.288. The van der Waals surface area contributed by atoms with Gasteiger partial charge in [-0.25, -0.2) is 0 Å². The predicted molar refractivity (Wildman–Crippen MR) is 55.6 cm³/mol. The quantitative estimate of drug-likeness (QED) is 0.561. The van der Waals surface area contributed by atoms with Crippen LogP contribution in [-0.4, -0.2) is 37.6 Å². The van der Waals surface area contributed by atoms with E-state index in [-0.39, 0.29) is 0 Å². The second-order valence-electron chi connectivity index (χ2n) is 3.18. The summed E-state index contributed by atoms with van der Waals surface area (Å²) in [4.78, 5) is 2.49. The van der Waals surface area contributed by atoms with Crippen molar-refractivity contribution in [2.24, 2.45) is 0 Å². The Morgan fingerprint density at radius 1 is 0.917 bits per heavy atom. The summed E-state index contributed by atoms with van der Waals surface area (Å²) in [6, 6.07) is 0. The summed E-state index contributed by atoms with van der Waals surface area (Å²) >= 11 is 0. The summed E-state index contributed by atoms with van der Waals surface area (Å²) < 4.78 is 0. The molecule has 74 valence electrons. The lowest BCUT2D eigenvalue weighted by Crippen LogP contribution is -2.32. The first kappa shape index (κ1) is 11.9. The van der Waals surface area contributed by atoms with E-state index in [4.69, 9.17) is 0 Å². The molecule has 0 aromatic heterocycles. The van der Waals surface area contributed by atoms with Crippen molar-refractivity contribution < 1.29 is 0 Å². The van der Waals surface area contributed by atoms with Crippen molar-refractivity contribution in [1.29, 1.82) is 0 Å². The smallest absolute Gasteiger partial charge is 0.0107 e. The van der Waals surface area contributed by atoms with E-state index in [2.05, 4.69) is 31.0 Å². The molecule has 0 aromatic rings. The maximum absolute atomic E-state index is 3.42. The molecular formula is C10H24N2. The lowest BCUT2D eigenvalue weighted by atomic mass is 10.4. The fraction of sp³-hybridized carbons (Fsp3) is 1.00. The molecule has 2 heteroatoms. The zero-order valence-electron chi connectivity index (χ0n) is 8.90. The van der Waals surface area contributed by atoms with Crippen molar-refractivity contribution in [3.63, 3.8) is 0 Å². The Balaban J connectivity index is 3.19. The standard InChI is InChI=1S/C10H24N2/c1-4-7-11-8-10-12(6-3)9-5-2/h11H,4-10H2,1-3H3. The summed E-state index contributed by atoms with van der Waals surface area (Å²) in [5.74, 6) is 0. The maximum atomic E-state index is 3.42. The zero-order valence-corrected chi connectivity index (χ0v) is 8.90. The molecule has 0 rings (SSSR count). The molecule has 0 amide bonds. The van der Waals surface area contributed by atoms with E-state index in [1.807, 2.05) is 0 Å². The third-order valence-electron chi connectivity index (χ3n) is 2.02. The van der Waals surface area contributed by atoms with Crippen LogP contribution >= 0.6 is 0 Å². The summed E-state index contributed by atoms with van der Waals surface area (Å²) in [6.07, 6.45) is 2.50. The van der Waals surface area contributed by atoms with Gasteiger partial charge in [0, 0.05) is 13.1 Å². The van der Waals surface area contributed by atoms with Gasteiger partial charge in [0.05, 0.1) is 0 Å². The first-order valence-corrected chi connectivity index (χ1v) is 5.28. The molecule has 0 radical (unpaired) electrons. The van der Waals surface area contributed by atoms with Crippen LogP contribution in [0, 0.1) is 0 Å². The van der Waals surface area contributed by atoms with Crippen LogP contribution in [0.1, 0.15) is 33.6 Å². The lowest BCUT2D eigenvalue weighted by Gasteiger charge is -2.19. The van der Waals surface area contributed by atoms with Gasteiger partial charge in [-0.05, 0) is 32.5 Å². The van der Waals surface area contributed by atoms with Crippen LogP contribution in [0.5, 0.6) is 0 Å². The first-order valence-electron chi connectivity index (χ1n) is 5.28. The first-order chi connectivity index (χ1) is 5.85. The topological polar surface area (TPSA) is 15.3 Å². The molecule has 0 aliphatic rings. The number of rotatable bonds is 8. The van der Waals surface area contributed by atoms with E-state index in [9.17, 15) is 0 Å². The summed E-state index contributed by atoms with van der Waals surface area (Å²) in [6.45, 7) is 12.6. The Hall–Kier alpha value is -0.0800. The van der Waals surface area contributed by atoms with Crippen LogP contribution in [0.3, 0.4) is 0 Å². The fourth-order valence-electron chi connectivity index (χ4n) is 1.28. The van der Waals surface area contributed by atoms with E-state index in [0.29, 0.717) is 0 Å². The average Bonchev–Trinajstić information content (AvgIpc) is 2.10. The monoisotopic (exact) mass is 172 g/mol. The molecule has 0 aliphatic heterocycles. The molecule has 1 N–H and O–H groups in total. The summed E-state index contributed by atoms with van der Waals surface area (Å²) in [5, 5.41) is 3.42. The number of likely N-dealkylation sites (N-methyl/N-ethyl adjacent to an activating group) is 1. The summed E-state index contributed by atoms with van der Waals surface area (Å²) in [7, 11) is 0. The van der Waals surface area contributed by atoms with Gasteiger partial charge < -0.3 is 10.2 Å². The average molecular weight is 172 g/mol. The van der Waals surface area contributed by atoms with Crippen LogP contribution < -0.4 is 5.32 Å². The number of nitrogens with zero attached hydrogens (tertiary/aromatic N) is 1. The van der Waals surface area contributed by atoms with Crippen molar-refractivity contribution in [3.05, 3.63) is 0 Å². The molecule has 0 fully saturated rings. The third-order valence-corrected chi connectivity index (χ3v) is 2.02. The Bertz CT molecular complexity index is 83.9. The van der Waals surface area contributed by atoms with Crippen molar-refractivity contribution >= 4 is 0 Å². The SMILES string of the molecule is CCCNCCN(CC)CCC. The summed E-state index contributed by atoms with van der Waals surface area (Å²) in [5.41, 5.74) is 0. The Labute approximate surface area is 77.3 Å². The van der Waals surface area contributed by atoms with Crippen LogP contribution in [-0.2, 0) is 0 Å². The van der Waals surface area contributed by atoms with Gasteiger partial charge in [-0.15, -0.1) is 0 Å². The Morgan fingerprint density at radius 3 is 2.17 bits per heavy atom. The number of nitrogens with one attached hydrogen (secondary N) is 1. The van der Waals surface area contributed by atoms with Gasteiger partial charge in [-0.2, -0.15) is 0 Å². The molecule has 0 saturated heterocycles. The van der Waals surface area contributed by atoms with Gasteiger partial charge in [-0.1, -0.05) is 20.8 Å². The van der Waals surface area contributed by atoms with Gasteiger partial charge in [0.2, 0.25) is 0 Å². The highest BCUT2D eigenvalue weighted by molar-refractivity contribution is 4.56. The molecule has 0 spiro atoms. The fourth-order valence-corrected chi connectivity index (χ4v) is 1.28. The number of hydrogen-bond acceptors (Lipinski definition) is 2. The van der Waals surface area contributed by atoms with Crippen molar-refractivity contribution in [2.75, 3.05) is 32.7 Å². The molecule has 0 bridgehead atoms. The largest absolute Gasteiger partial charge is 0.315 e. The molecule has 0 atom stereocenters. The van der Waals surface area contributed by atoms with Gasteiger partial charge in [0.1, 0.15) is 0 Å². The molecule has 0 saturated carbocycles. The van der Waals surface area contributed by atoms with E-state index in [1.165, 1.54) is 32.5 Å². The zero-order chi connectivity index (χ0) is 9.23. The van der Waals surface area contributed by atoms with E-state index >= 15 is 0 Å². The minimum absolute atomic E-state index is 1.14. The number of hydrogen-bond donors (Lipinski definition) is 1. The molecule has 0 unspecified atom stereocenters. The van der Waals surface area contributed by atoms with Crippen molar-refractivity contribution in [1.82, 2.24) is 10.2 Å². The van der Waals surface area contributed by atoms with E-state index < -0.39 is 0 Å². The van der Waals surface area contributed by atoms with Crippen LogP contribution in [0.4, 0.5) is 0 Å². The van der Waals surface area contributed by atoms with Crippen LogP contribution in [0.2, 0.25) is 0 Å². The maximum Gasteiger partial charge on any atom is 0.0107 e. The molecule has 12 heavy (non-hydrogen) atoms. The van der Waals surface area contributed by atoms with Gasteiger partial charge in [0.15, 0.2) is 0 Å². The molecular weight excluding hydrogens is 148 g/mol. The second kappa shape index (κ2) is 9.01. The van der Waals surface area contributed by atoms with E-state index in [0.717, 1.165) is 13.1 Å². The van der Waals surface area contributed by atoms with Crippen LogP contribution in [0.25, 0.3) is 0 Å². The van der Waals surface area contributed by atoms with Crippen molar-refractivity contribution in [3.8, 4) is 0 Å². The highest BCUT2D eigenvalue weighted by Gasteiger charge is 1.98. The van der Waals surface area contributed by atoms with E-state index in [1.54, 1.807) is 0 Å². The second-order valence-corrected chi connectivity index (χ2v) is 3.18. The third kappa shape index (κ3) is 6.62. The van der Waals surface area contributed by atoms with Crippen molar-refractivity contribution in [2.45, 2.75) is 33.6 Å². The highest BCUT2D eigenvalue weighted by atomic mass is 15.1. The highest BCUT2D eigenvalue weighted by Crippen LogP contribution is 1.88. The van der Waals surface area contributed by atoms with Gasteiger partial charge >= 0.3 is 0 Å². The molecule has 2 nitrogen and oxygen atoms in total. The molecule has 0 aliphatic carbocycles. The Morgan fingerprint density at radius 2 is 1.67 bits per heavy atom. The minimum Gasteiger partial charge on any atom is -0.315 e. The van der Waals surface area contributed by atoms with Gasteiger partial charge in [-0.3, -0.25) is 0 Å². The molecule has 0 aromatic carbocycles. The minimum atomic E-state index is 1.14. The Kier molecular flexibility index (Phi) is 8.95. The normalized spacial score (nSPS) is 11.0. The molecule has 0 heterocycles.